The van der Waals surface area contributed by atoms with Crippen LogP contribution in [0.4, 0.5) is 0 Å². The predicted octanol–water partition coefficient (Wildman–Crippen LogP) is 1.52. The van der Waals surface area contributed by atoms with Crippen molar-refractivity contribution in [3.05, 3.63) is 0 Å². The third kappa shape index (κ3) is 3.29. The second kappa shape index (κ2) is 6.71. The molecule has 3 N–H and O–H groups in total. The number of amides is 1. The van der Waals surface area contributed by atoms with Crippen LogP contribution >= 0.6 is 0 Å². The molecule has 4 heteroatoms. The maximum atomic E-state index is 12.9. The molecule has 0 aromatic rings. The van der Waals surface area contributed by atoms with Crippen LogP contribution in [0.1, 0.15) is 51.4 Å². The average molecular weight is 268 g/mol. The Morgan fingerprint density at radius 3 is 2.47 bits per heavy atom. The molecule has 110 valence electrons. The Morgan fingerprint density at radius 2 is 1.89 bits per heavy atom. The Labute approximate surface area is 116 Å². The highest BCUT2D eigenvalue weighted by Crippen LogP contribution is 2.36. The normalized spacial score (nSPS) is 27.9. The Balaban J connectivity index is 2.06. The van der Waals surface area contributed by atoms with Crippen LogP contribution in [0, 0.1) is 11.3 Å². The van der Waals surface area contributed by atoms with Crippen molar-refractivity contribution in [2.24, 2.45) is 17.1 Å². The van der Waals surface area contributed by atoms with Crippen LogP contribution in [0.2, 0.25) is 0 Å². The Hall–Kier alpha value is -0.610. The molecule has 1 unspecified atom stereocenters. The van der Waals surface area contributed by atoms with Crippen molar-refractivity contribution >= 4 is 5.91 Å². The van der Waals surface area contributed by atoms with E-state index in [9.17, 15) is 9.90 Å². The molecule has 1 saturated heterocycles. The molecule has 1 saturated carbocycles. The molecule has 1 aliphatic heterocycles. The summed E-state index contributed by atoms with van der Waals surface area (Å²) >= 11 is 0. The maximum Gasteiger partial charge on any atom is 0.230 e. The van der Waals surface area contributed by atoms with Crippen molar-refractivity contribution in [3.63, 3.8) is 0 Å². The zero-order valence-corrected chi connectivity index (χ0v) is 11.9. The van der Waals surface area contributed by atoms with Gasteiger partial charge in [-0.15, -0.1) is 0 Å². The highest BCUT2D eigenvalue weighted by Gasteiger charge is 2.41. The van der Waals surface area contributed by atoms with E-state index in [1.807, 2.05) is 4.90 Å². The molecule has 1 amide bonds. The Morgan fingerprint density at radius 1 is 1.21 bits per heavy atom. The fourth-order valence-electron chi connectivity index (χ4n) is 3.64. The van der Waals surface area contributed by atoms with Gasteiger partial charge >= 0.3 is 0 Å². The molecule has 0 radical (unpaired) electrons. The first-order valence-electron chi connectivity index (χ1n) is 7.82. The van der Waals surface area contributed by atoms with Crippen molar-refractivity contribution in [1.82, 2.24) is 4.90 Å². The van der Waals surface area contributed by atoms with E-state index in [1.165, 1.54) is 12.8 Å². The topological polar surface area (TPSA) is 66.6 Å². The van der Waals surface area contributed by atoms with Gasteiger partial charge in [-0.3, -0.25) is 4.79 Å². The molecular formula is C15H28N2O2. The van der Waals surface area contributed by atoms with E-state index < -0.39 is 0 Å². The van der Waals surface area contributed by atoms with Gasteiger partial charge in [-0.25, -0.2) is 0 Å². The first-order chi connectivity index (χ1) is 9.22. The molecule has 0 spiro atoms. The second-order valence-electron chi connectivity index (χ2n) is 6.34. The van der Waals surface area contributed by atoms with E-state index in [1.54, 1.807) is 0 Å². The summed E-state index contributed by atoms with van der Waals surface area (Å²) < 4.78 is 0. The van der Waals surface area contributed by atoms with Crippen LogP contribution in [0.15, 0.2) is 0 Å². The minimum absolute atomic E-state index is 0.194. The minimum atomic E-state index is -0.312. The van der Waals surface area contributed by atoms with Gasteiger partial charge in [0.2, 0.25) is 5.91 Å². The van der Waals surface area contributed by atoms with Crippen LogP contribution in [0.25, 0.3) is 0 Å². The zero-order valence-electron chi connectivity index (χ0n) is 11.9. The summed E-state index contributed by atoms with van der Waals surface area (Å²) in [5, 5.41) is 9.30. The highest BCUT2D eigenvalue weighted by molar-refractivity contribution is 5.83. The molecule has 4 nitrogen and oxygen atoms in total. The van der Waals surface area contributed by atoms with Crippen LogP contribution in [-0.2, 0) is 4.79 Å². The molecule has 2 fully saturated rings. The molecule has 0 aromatic carbocycles. The van der Waals surface area contributed by atoms with E-state index >= 15 is 0 Å². The smallest absolute Gasteiger partial charge is 0.230 e. The van der Waals surface area contributed by atoms with Crippen molar-refractivity contribution < 1.29 is 9.90 Å². The maximum absolute atomic E-state index is 12.9. The number of aliphatic hydroxyl groups excluding tert-OH is 1. The van der Waals surface area contributed by atoms with Crippen LogP contribution in [-0.4, -0.2) is 42.2 Å². The van der Waals surface area contributed by atoms with Crippen LogP contribution in [0.5, 0.6) is 0 Å². The summed E-state index contributed by atoms with van der Waals surface area (Å²) in [6.45, 7) is 2.24. The number of rotatable bonds is 3. The fourth-order valence-corrected chi connectivity index (χ4v) is 3.64. The van der Waals surface area contributed by atoms with Gasteiger partial charge in [0.05, 0.1) is 5.41 Å². The quantitative estimate of drug-likeness (QED) is 0.763. The van der Waals surface area contributed by atoms with Gasteiger partial charge in [-0.05, 0) is 31.6 Å². The molecule has 1 heterocycles. The van der Waals surface area contributed by atoms with E-state index in [0.29, 0.717) is 6.54 Å². The van der Waals surface area contributed by atoms with Crippen LogP contribution < -0.4 is 5.73 Å². The van der Waals surface area contributed by atoms with E-state index in [4.69, 9.17) is 5.73 Å². The van der Waals surface area contributed by atoms with Crippen molar-refractivity contribution in [2.45, 2.75) is 51.4 Å². The molecule has 1 aliphatic carbocycles. The number of hydrogen-bond donors (Lipinski definition) is 2. The minimum Gasteiger partial charge on any atom is -0.396 e. The van der Waals surface area contributed by atoms with Crippen molar-refractivity contribution in [3.8, 4) is 0 Å². The number of carbonyl (C=O) groups excluding carboxylic acids is 1. The Kier molecular flexibility index (Phi) is 5.22. The van der Waals surface area contributed by atoms with Gasteiger partial charge in [0.1, 0.15) is 0 Å². The van der Waals surface area contributed by atoms with Gasteiger partial charge in [0, 0.05) is 26.2 Å². The SMILES string of the molecule is NCC1(C(=O)N2CCCC(CO)C2)CCCCCC1. The molecule has 19 heavy (non-hydrogen) atoms. The van der Waals surface area contributed by atoms with E-state index in [-0.39, 0.29) is 23.8 Å². The summed E-state index contributed by atoms with van der Waals surface area (Å²) in [5.74, 6) is 0.522. The lowest BCUT2D eigenvalue weighted by Crippen LogP contribution is -2.51. The van der Waals surface area contributed by atoms with E-state index in [2.05, 4.69) is 0 Å². The van der Waals surface area contributed by atoms with Gasteiger partial charge in [-0.1, -0.05) is 25.7 Å². The standard InChI is InChI=1S/C15H28N2O2/c16-12-15(7-3-1-2-4-8-15)14(19)17-9-5-6-13(10-17)11-18/h13,18H,1-12,16H2. The summed E-state index contributed by atoms with van der Waals surface area (Å²) in [4.78, 5) is 14.9. The van der Waals surface area contributed by atoms with Crippen LogP contribution in [0.3, 0.4) is 0 Å². The van der Waals surface area contributed by atoms with Gasteiger partial charge in [0.25, 0.3) is 0 Å². The fraction of sp³-hybridized carbons (Fsp3) is 0.933. The number of likely N-dealkylation sites (tertiary alicyclic amines) is 1. The molecule has 1 atom stereocenters. The average Bonchev–Trinajstić information content (AvgIpc) is 2.73. The third-order valence-corrected chi connectivity index (χ3v) is 4.97. The lowest BCUT2D eigenvalue weighted by molar-refractivity contribution is -0.144. The van der Waals surface area contributed by atoms with Gasteiger partial charge < -0.3 is 15.7 Å². The molecule has 2 rings (SSSR count). The number of piperidine rings is 1. The number of nitrogens with two attached hydrogens (primary N) is 1. The lowest BCUT2D eigenvalue weighted by Gasteiger charge is -2.39. The van der Waals surface area contributed by atoms with Gasteiger partial charge in [-0.2, -0.15) is 0 Å². The predicted molar refractivity (Wildman–Crippen MR) is 75.6 cm³/mol. The molecule has 0 aromatic heterocycles. The number of aliphatic hydroxyl groups is 1. The molecular weight excluding hydrogens is 240 g/mol. The highest BCUT2D eigenvalue weighted by atomic mass is 16.3. The number of carbonyl (C=O) groups is 1. The summed E-state index contributed by atoms with van der Waals surface area (Å²) in [5.41, 5.74) is 5.67. The monoisotopic (exact) mass is 268 g/mol. The molecule has 0 bridgehead atoms. The first-order valence-corrected chi connectivity index (χ1v) is 7.82. The third-order valence-electron chi connectivity index (χ3n) is 4.97. The summed E-state index contributed by atoms with van der Waals surface area (Å²) in [7, 11) is 0. The van der Waals surface area contributed by atoms with E-state index in [0.717, 1.165) is 51.6 Å². The number of hydrogen-bond acceptors (Lipinski definition) is 3. The summed E-state index contributed by atoms with van der Waals surface area (Å²) in [6, 6.07) is 0. The number of nitrogens with zero attached hydrogens (tertiary/aromatic N) is 1. The first kappa shape index (κ1) is 14.8. The van der Waals surface area contributed by atoms with Gasteiger partial charge in [0.15, 0.2) is 0 Å². The Bertz CT molecular complexity index is 299. The zero-order chi connectivity index (χ0) is 13.7. The summed E-state index contributed by atoms with van der Waals surface area (Å²) in [6.07, 6.45) is 8.65. The van der Waals surface area contributed by atoms with Crippen molar-refractivity contribution in [1.29, 1.82) is 0 Å². The second-order valence-corrected chi connectivity index (χ2v) is 6.34. The van der Waals surface area contributed by atoms with Crippen molar-refractivity contribution in [2.75, 3.05) is 26.2 Å². The lowest BCUT2D eigenvalue weighted by atomic mass is 9.78. The molecule has 2 aliphatic rings. The largest absolute Gasteiger partial charge is 0.396 e.